The first-order chi connectivity index (χ1) is 22.2. The molecule has 4 amide bonds. The van der Waals surface area contributed by atoms with Gasteiger partial charge >= 0.3 is 12.1 Å². The summed E-state index contributed by atoms with van der Waals surface area (Å²) in [5.41, 5.74) is -2.12. The third-order valence-electron chi connectivity index (χ3n) is 8.40. The van der Waals surface area contributed by atoms with Crippen LogP contribution in [0.25, 0.3) is 0 Å². The first-order valence-corrected chi connectivity index (χ1v) is 17.4. The standard InChI is InChI=1S/C32H42N4O10S/c1-31(2,3)46-30(41)33-24-19-44-15-9-5-8-12-21-17-32(21,29(40)35-47(42,43)23-13-14-23)34-26(37)25-16-22(18-36(25)27(24)38)45-28(39)20-10-6-4-7-11-20/h4,6-8,10-12,21-25H,5,9,13-19H2,1-3H3,(H,33,41)(H,34,37)(H,35,40). The maximum absolute atomic E-state index is 14.1. The number of nitrogens with one attached hydrogen (secondary N) is 3. The monoisotopic (exact) mass is 674 g/mol. The molecule has 3 N–H and O–H groups in total. The van der Waals surface area contributed by atoms with Gasteiger partial charge in [0.25, 0.3) is 5.91 Å². The molecular formula is C32H42N4O10S. The molecule has 47 heavy (non-hydrogen) atoms. The molecule has 1 aromatic carbocycles. The lowest BCUT2D eigenvalue weighted by atomic mass is 10.1. The highest BCUT2D eigenvalue weighted by Gasteiger charge is 2.62. The molecule has 3 fully saturated rings. The minimum atomic E-state index is -3.90. The van der Waals surface area contributed by atoms with Gasteiger partial charge in [-0.15, -0.1) is 0 Å². The number of amides is 4. The van der Waals surface area contributed by atoms with Gasteiger partial charge in [-0.1, -0.05) is 30.4 Å². The lowest BCUT2D eigenvalue weighted by Gasteiger charge is -2.30. The van der Waals surface area contributed by atoms with Crippen molar-refractivity contribution in [3.8, 4) is 0 Å². The van der Waals surface area contributed by atoms with E-state index in [1.807, 2.05) is 6.08 Å². The van der Waals surface area contributed by atoms with Crippen LogP contribution in [0.1, 0.15) is 69.7 Å². The Balaban J connectivity index is 1.42. The molecule has 0 radical (unpaired) electrons. The predicted octanol–water partition coefficient (Wildman–Crippen LogP) is 1.56. The summed E-state index contributed by atoms with van der Waals surface area (Å²) in [5.74, 6) is -3.37. The summed E-state index contributed by atoms with van der Waals surface area (Å²) in [6.45, 7) is 4.88. The number of hydrogen-bond donors (Lipinski definition) is 3. The number of allylic oxidation sites excluding steroid dienone is 1. The zero-order valence-corrected chi connectivity index (χ0v) is 27.5. The molecule has 4 aliphatic rings. The van der Waals surface area contributed by atoms with Crippen molar-refractivity contribution < 1.29 is 46.6 Å². The first kappa shape index (κ1) is 34.4. The summed E-state index contributed by atoms with van der Waals surface area (Å²) in [6.07, 6.45) is 3.93. The van der Waals surface area contributed by atoms with Crippen LogP contribution < -0.4 is 15.4 Å². The van der Waals surface area contributed by atoms with Crippen molar-refractivity contribution in [2.45, 2.75) is 93.9 Å². The molecule has 2 heterocycles. The quantitative estimate of drug-likeness (QED) is 0.295. The van der Waals surface area contributed by atoms with Crippen molar-refractivity contribution in [1.82, 2.24) is 20.3 Å². The van der Waals surface area contributed by atoms with E-state index in [-0.39, 0.29) is 38.2 Å². The lowest BCUT2D eigenvalue weighted by Crippen LogP contribution is -2.59. The summed E-state index contributed by atoms with van der Waals surface area (Å²) in [5, 5.41) is 4.66. The highest BCUT2D eigenvalue weighted by Crippen LogP contribution is 2.46. The summed E-state index contributed by atoms with van der Waals surface area (Å²) < 4.78 is 44.3. The summed E-state index contributed by atoms with van der Waals surface area (Å²) in [6, 6.07) is 5.77. The molecule has 0 spiro atoms. The average Bonchev–Trinajstić information content (AvgIpc) is 3.92. The van der Waals surface area contributed by atoms with Gasteiger partial charge in [0.15, 0.2) is 0 Å². The van der Waals surface area contributed by atoms with Crippen molar-refractivity contribution in [3.63, 3.8) is 0 Å². The second-order valence-corrected chi connectivity index (χ2v) is 15.4. The van der Waals surface area contributed by atoms with Crippen LogP contribution in [-0.4, -0.2) is 97.4 Å². The Bertz CT molecular complexity index is 1520. The van der Waals surface area contributed by atoms with Crippen LogP contribution in [-0.2, 0) is 38.6 Å². The minimum absolute atomic E-state index is 0.102. The van der Waals surface area contributed by atoms with Crippen molar-refractivity contribution in [2.75, 3.05) is 19.8 Å². The number of hydrogen-bond acceptors (Lipinski definition) is 10. The third kappa shape index (κ3) is 8.49. The van der Waals surface area contributed by atoms with E-state index in [9.17, 15) is 32.4 Å². The van der Waals surface area contributed by atoms with Crippen molar-refractivity contribution in [1.29, 1.82) is 0 Å². The van der Waals surface area contributed by atoms with Crippen LogP contribution in [0.3, 0.4) is 0 Å². The molecule has 14 nitrogen and oxygen atoms in total. The maximum Gasteiger partial charge on any atom is 0.408 e. The summed E-state index contributed by atoms with van der Waals surface area (Å²) in [4.78, 5) is 68.4. The normalized spacial score (nSPS) is 28.4. The Kier molecular flexibility index (Phi) is 9.96. The number of benzene rings is 1. The molecule has 2 aliphatic carbocycles. The highest BCUT2D eigenvalue weighted by atomic mass is 32.2. The van der Waals surface area contributed by atoms with Gasteiger partial charge in [0, 0.05) is 18.9 Å². The number of alkyl carbamates (subject to hydrolysis) is 1. The van der Waals surface area contributed by atoms with Gasteiger partial charge in [0.2, 0.25) is 21.8 Å². The van der Waals surface area contributed by atoms with E-state index in [2.05, 4.69) is 15.4 Å². The molecule has 1 saturated heterocycles. The van der Waals surface area contributed by atoms with Gasteiger partial charge < -0.3 is 29.7 Å². The Morgan fingerprint density at radius 3 is 2.51 bits per heavy atom. The Morgan fingerprint density at radius 1 is 1.11 bits per heavy atom. The number of fused-ring (bicyclic) bond motifs is 2. The van der Waals surface area contributed by atoms with E-state index in [4.69, 9.17) is 14.2 Å². The Hall–Kier alpha value is -3.98. The van der Waals surface area contributed by atoms with Crippen LogP contribution in [0.2, 0.25) is 0 Å². The fraction of sp³-hybridized carbons (Fsp3) is 0.594. The van der Waals surface area contributed by atoms with Gasteiger partial charge in [-0.05, 0) is 65.0 Å². The zero-order chi connectivity index (χ0) is 34.0. The van der Waals surface area contributed by atoms with Crippen molar-refractivity contribution >= 4 is 39.8 Å². The van der Waals surface area contributed by atoms with Gasteiger partial charge in [-0.2, -0.15) is 0 Å². The van der Waals surface area contributed by atoms with E-state index in [0.717, 1.165) is 0 Å². The van der Waals surface area contributed by atoms with Crippen LogP contribution in [0.4, 0.5) is 4.79 Å². The molecule has 0 bridgehead atoms. The second kappa shape index (κ2) is 13.6. The maximum atomic E-state index is 14.1. The predicted molar refractivity (Wildman–Crippen MR) is 167 cm³/mol. The average molecular weight is 675 g/mol. The van der Waals surface area contributed by atoms with E-state index in [1.54, 1.807) is 57.2 Å². The molecular weight excluding hydrogens is 632 g/mol. The second-order valence-electron chi connectivity index (χ2n) is 13.4. The Morgan fingerprint density at radius 2 is 1.83 bits per heavy atom. The van der Waals surface area contributed by atoms with Crippen molar-refractivity contribution in [3.05, 3.63) is 48.0 Å². The van der Waals surface area contributed by atoms with Crippen molar-refractivity contribution in [2.24, 2.45) is 5.92 Å². The molecule has 1 aromatic rings. The van der Waals surface area contributed by atoms with Gasteiger partial charge in [-0.25, -0.2) is 18.0 Å². The summed E-state index contributed by atoms with van der Waals surface area (Å²) >= 11 is 0. The number of sulfonamides is 1. The molecule has 5 atom stereocenters. The summed E-state index contributed by atoms with van der Waals surface area (Å²) in [7, 11) is -3.90. The Labute approximate surface area is 274 Å². The number of ether oxygens (including phenoxy) is 3. The van der Waals surface area contributed by atoms with Crippen LogP contribution in [0.5, 0.6) is 0 Å². The van der Waals surface area contributed by atoms with E-state index in [1.165, 1.54) is 4.90 Å². The van der Waals surface area contributed by atoms with Gasteiger partial charge in [-0.3, -0.25) is 19.1 Å². The molecule has 5 rings (SSSR count). The molecule has 2 aliphatic heterocycles. The van der Waals surface area contributed by atoms with Crippen LogP contribution >= 0.6 is 0 Å². The number of esters is 1. The molecule has 256 valence electrons. The van der Waals surface area contributed by atoms with Crippen LogP contribution in [0.15, 0.2) is 42.5 Å². The van der Waals surface area contributed by atoms with E-state index in [0.29, 0.717) is 25.7 Å². The lowest BCUT2D eigenvalue weighted by molar-refractivity contribution is -0.142. The fourth-order valence-corrected chi connectivity index (χ4v) is 7.09. The van der Waals surface area contributed by atoms with Gasteiger partial charge in [0.1, 0.15) is 29.3 Å². The molecule has 15 heteroatoms. The molecule has 2 saturated carbocycles. The highest BCUT2D eigenvalue weighted by molar-refractivity contribution is 7.91. The third-order valence-corrected chi connectivity index (χ3v) is 10.2. The number of rotatable bonds is 6. The molecule has 0 aromatic heterocycles. The van der Waals surface area contributed by atoms with E-state index < -0.39 is 80.3 Å². The van der Waals surface area contributed by atoms with Gasteiger partial charge in [0.05, 0.1) is 24.0 Å². The first-order valence-electron chi connectivity index (χ1n) is 15.9. The fourth-order valence-electron chi connectivity index (χ4n) is 5.73. The van der Waals surface area contributed by atoms with Crippen LogP contribution in [0, 0.1) is 5.92 Å². The zero-order valence-electron chi connectivity index (χ0n) is 26.7. The topological polar surface area (TPSA) is 187 Å². The van der Waals surface area contributed by atoms with E-state index >= 15 is 0 Å². The minimum Gasteiger partial charge on any atom is -0.457 e. The SMILES string of the molecule is CC(C)(C)OC(=O)NC1COCCCC=CC2CC2(C(=O)NS(=O)(=O)C2CC2)NC(=O)C2CC(OC(=O)c3ccccc3)CN2C1=O. The number of carbonyl (C=O) groups is 5. The smallest absolute Gasteiger partial charge is 0.408 e. The largest absolute Gasteiger partial charge is 0.457 e. The molecule has 5 unspecified atom stereocenters. The number of nitrogens with zero attached hydrogens (tertiary/aromatic N) is 1. The number of carbonyl (C=O) groups excluding carboxylic acids is 5.